The lowest BCUT2D eigenvalue weighted by Crippen LogP contribution is -2.21. The van der Waals surface area contributed by atoms with Crippen molar-refractivity contribution in [1.82, 2.24) is 10.3 Å². The standard InChI is InChI=1S/C19H23N3O3S/c1-11(2)6-7-25-15-5-4-12(8-16(15)24-3)13-9-17(23)21-10-14-18(13)26-19(20)22-14/h4-6,8,13H,7,9-10H2,1-3H3,(H2,20,22)(H,21,23)/t13-/m1/s1. The van der Waals surface area contributed by atoms with Crippen molar-refractivity contribution in [3.8, 4) is 11.5 Å². The Morgan fingerprint density at radius 3 is 2.96 bits per heavy atom. The molecule has 1 aliphatic rings. The highest BCUT2D eigenvalue weighted by Crippen LogP contribution is 2.40. The van der Waals surface area contributed by atoms with E-state index in [0.29, 0.717) is 36.2 Å². The van der Waals surface area contributed by atoms with Crippen molar-refractivity contribution in [3.05, 3.63) is 46.0 Å². The largest absolute Gasteiger partial charge is 0.493 e. The van der Waals surface area contributed by atoms with Crippen LogP contribution in [0.5, 0.6) is 11.5 Å². The van der Waals surface area contributed by atoms with Gasteiger partial charge in [-0.1, -0.05) is 11.6 Å². The molecule has 3 rings (SSSR count). The molecule has 1 amide bonds. The Labute approximate surface area is 157 Å². The zero-order valence-corrected chi connectivity index (χ0v) is 16.0. The number of carbonyl (C=O) groups excluding carboxylic acids is 1. The maximum Gasteiger partial charge on any atom is 0.221 e. The highest BCUT2D eigenvalue weighted by Gasteiger charge is 2.28. The average molecular weight is 373 g/mol. The first-order valence-electron chi connectivity index (χ1n) is 8.43. The number of nitrogens with zero attached hydrogens (tertiary/aromatic N) is 1. The summed E-state index contributed by atoms with van der Waals surface area (Å²) < 4.78 is 11.3. The first-order valence-corrected chi connectivity index (χ1v) is 9.25. The van der Waals surface area contributed by atoms with Crippen LogP contribution >= 0.6 is 11.3 Å². The molecule has 3 N–H and O–H groups in total. The molecule has 0 bridgehead atoms. The van der Waals surface area contributed by atoms with Gasteiger partial charge in [0.15, 0.2) is 16.6 Å². The second kappa shape index (κ2) is 7.78. The lowest BCUT2D eigenvalue weighted by Gasteiger charge is -2.17. The lowest BCUT2D eigenvalue weighted by atomic mass is 9.93. The van der Waals surface area contributed by atoms with Crippen molar-refractivity contribution in [2.24, 2.45) is 0 Å². The van der Waals surface area contributed by atoms with Crippen molar-refractivity contribution in [1.29, 1.82) is 0 Å². The third kappa shape index (κ3) is 3.99. The molecule has 1 aromatic carbocycles. The van der Waals surface area contributed by atoms with E-state index in [4.69, 9.17) is 15.2 Å². The highest BCUT2D eigenvalue weighted by molar-refractivity contribution is 7.15. The van der Waals surface area contributed by atoms with Gasteiger partial charge < -0.3 is 20.5 Å². The Kier molecular flexibility index (Phi) is 5.46. The number of nitrogen functional groups attached to an aromatic ring is 1. The molecule has 138 valence electrons. The molecule has 0 fully saturated rings. The van der Waals surface area contributed by atoms with E-state index in [-0.39, 0.29) is 11.8 Å². The maximum atomic E-state index is 12.1. The number of rotatable bonds is 5. The minimum absolute atomic E-state index is 0.00150. The van der Waals surface area contributed by atoms with Gasteiger partial charge in [-0.2, -0.15) is 0 Å². The molecule has 0 unspecified atom stereocenters. The van der Waals surface area contributed by atoms with Gasteiger partial charge in [-0.3, -0.25) is 4.79 Å². The average Bonchev–Trinajstić information content (AvgIpc) is 2.91. The molecule has 0 radical (unpaired) electrons. The maximum absolute atomic E-state index is 12.1. The van der Waals surface area contributed by atoms with Crippen LogP contribution in [0.4, 0.5) is 5.13 Å². The fourth-order valence-electron chi connectivity index (χ4n) is 2.90. The predicted octanol–water partition coefficient (Wildman–Crippen LogP) is 3.23. The zero-order chi connectivity index (χ0) is 18.7. The molecular weight excluding hydrogens is 350 g/mol. The van der Waals surface area contributed by atoms with Gasteiger partial charge >= 0.3 is 0 Å². The van der Waals surface area contributed by atoms with Gasteiger partial charge in [0.25, 0.3) is 0 Å². The van der Waals surface area contributed by atoms with Crippen molar-refractivity contribution in [2.45, 2.75) is 32.7 Å². The number of anilines is 1. The lowest BCUT2D eigenvalue weighted by molar-refractivity contribution is -0.121. The van der Waals surface area contributed by atoms with Gasteiger partial charge in [0.2, 0.25) is 5.91 Å². The van der Waals surface area contributed by atoms with E-state index in [1.54, 1.807) is 7.11 Å². The Bertz CT molecular complexity index is 841. The van der Waals surface area contributed by atoms with E-state index in [1.807, 2.05) is 38.1 Å². The molecule has 7 heteroatoms. The number of thiazole rings is 1. The number of fused-ring (bicyclic) bond motifs is 1. The SMILES string of the molecule is COc1cc([C@H]2CC(=O)NCc3nc(N)sc32)ccc1OCC=C(C)C. The third-order valence-electron chi connectivity index (χ3n) is 4.22. The number of aromatic nitrogens is 1. The summed E-state index contributed by atoms with van der Waals surface area (Å²) in [7, 11) is 1.61. The van der Waals surface area contributed by atoms with Gasteiger partial charge in [-0.25, -0.2) is 4.98 Å². The van der Waals surface area contributed by atoms with E-state index in [9.17, 15) is 4.79 Å². The number of hydrogen-bond donors (Lipinski definition) is 2. The number of nitrogens with two attached hydrogens (primary N) is 1. The number of carbonyl (C=O) groups is 1. The number of ether oxygens (including phenoxy) is 2. The van der Waals surface area contributed by atoms with Crippen LogP contribution in [0.3, 0.4) is 0 Å². The normalized spacial score (nSPS) is 16.3. The Balaban J connectivity index is 1.92. The molecule has 0 saturated carbocycles. The number of nitrogens with one attached hydrogen (secondary N) is 1. The summed E-state index contributed by atoms with van der Waals surface area (Å²) in [5.74, 6) is 1.23. The van der Waals surface area contributed by atoms with Crippen LogP contribution < -0.4 is 20.5 Å². The van der Waals surface area contributed by atoms with Crippen molar-refractivity contribution < 1.29 is 14.3 Å². The van der Waals surface area contributed by atoms with E-state index in [0.717, 1.165) is 16.1 Å². The Hall–Kier alpha value is -2.54. The molecular formula is C19H23N3O3S. The summed E-state index contributed by atoms with van der Waals surface area (Å²) in [4.78, 5) is 17.5. The molecule has 0 aliphatic carbocycles. The molecule has 6 nitrogen and oxygen atoms in total. The molecule has 2 aromatic rings. The monoisotopic (exact) mass is 373 g/mol. The summed E-state index contributed by atoms with van der Waals surface area (Å²) in [6.07, 6.45) is 2.37. The molecule has 2 heterocycles. The molecule has 1 atom stereocenters. The van der Waals surface area contributed by atoms with Crippen LogP contribution in [0, 0.1) is 0 Å². The molecule has 1 aromatic heterocycles. The molecule has 0 spiro atoms. The Morgan fingerprint density at radius 1 is 1.42 bits per heavy atom. The van der Waals surface area contributed by atoms with Crippen LogP contribution in [0.15, 0.2) is 29.8 Å². The first kappa shape index (κ1) is 18.3. The van der Waals surface area contributed by atoms with Crippen LogP contribution in [0.1, 0.15) is 42.3 Å². The zero-order valence-electron chi connectivity index (χ0n) is 15.2. The van der Waals surface area contributed by atoms with Crippen LogP contribution in [-0.2, 0) is 11.3 Å². The second-order valence-corrected chi connectivity index (χ2v) is 7.46. The summed E-state index contributed by atoms with van der Waals surface area (Å²) in [5, 5.41) is 3.40. The van der Waals surface area contributed by atoms with Crippen LogP contribution in [-0.4, -0.2) is 24.6 Å². The fourth-order valence-corrected chi connectivity index (χ4v) is 3.88. The topological polar surface area (TPSA) is 86.5 Å². The third-order valence-corrected chi connectivity index (χ3v) is 5.26. The minimum atomic E-state index is -0.0944. The summed E-state index contributed by atoms with van der Waals surface area (Å²) in [6.45, 7) is 4.96. The smallest absolute Gasteiger partial charge is 0.221 e. The molecule has 1 aliphatic heterocycles. The summed E-state index contributed by atoms with van der Waals surface area (Å²) in [6, 6.07) is 5.80. The number of amides is 1. The number of methoxy groups -OCH3 is 1. The van der Waals surface area contributed by atoms with Gasteiger partial charge in [-0.15, -0.1) is 11.3 Å². The number of hydrogen-bond acceptors (Lipinski definition) is 6. The minimum Gasteiger partial charge on any atom is -0.493 e. The van der Waals surface area contributed by atoms with Crippen molar-refractivity contribution in [3.63, 3.8) is 0 Å². The second-order valence-electron chi connectivity index (χ2n) is 6.40. The number of benzene rings is 1. The molecule has 26 heavy (non-hydrogen) atoms. The first-order chi connectivity index (χ1) is 12.5. The van der Waals surface area contributed by atoms with E-state index < -0.39 is 0 Å². The van der Waals surface area contributed by atoms with Crippen LogP contribution in [0.2, 0.25) is 0 Å². The van der Waals surface area contributed by atoms with Gasteiger partial charge in [0.05, 0.1) is 19.3 Å². The highest BCUT2D eigenvalue weighted by atomic mass is 32.1. The van der Waals surface area contributed by atoms with Gasteiger partial charge in [-0.05, 0) is 37.6 Å². The summed E-state index contributed by atoms with van der Waals surface area (Å²) in [5.41, 5.74) is 8.91. The van der Waals surface area contributed by atoms with E-state index >= 15 is 0 Å². The fraction of sp³-hybridized carbons (Fsp3) is 0.368. The van der Waals surface area contributed by atoms with Gasteiger partial charge in [0, 0.05) is 17.2 Å². The quantitative estimate of drug-likeness (QED) is 0.786. The van der Waals surface area contributed by atoms with E-state index in [1.165, 1.54) is 16.9 Å². The van der Waals surface area contributed by atoms with Crippen molar-refractivity contribution >= 4 is 22.4 Å². The van der Waals surface area contributed by atoms with Crippen molar-refractivity contribution in [2.75, 3.05) is 19.5 Å². The van der Waals surface area contributed by atoms with Gasteiger partial charge in [0.1, 0.15) is 6.61 Å². The number of allylic oxidation sites excluding steroid dienone is 1. The van der Waals surface area contributed by atoms with Crippen LogP contribution in [0.25, 0.3) is 0 Å². The van der Waals surface area contributed by atoms with E-state index in [2.05, 4.69) is 10.3 Å². The molecule has 0 saturated heterocycles. The Morgan fingerprint density at radius 2 is 2.23 bits per heavy atom. The predicted molar refractivity (Wildman–Crippen MR) is 103 cm³/mol. The summed E-state index contributed by atoms with van der Waals surface area (Å²) >= 11 is 1.44.